The molecule has 188 valence electrons. The highest BCUT2D eigenvalue weighted by atomic mass is 127. The number of halogens is 3. The number of aliphatic hydroxyl groups excluding tert-OH is 1. The summed E-state index contributed by atoms with van der Waals surface area (Å²) >= 11 is 2.25. The summed E-state index contributed by atoms with van der Waals surface area (Å²) in [7, 11) is 1.55. The van der Waals surface area contributed by atoms with Crippen molar-refractivity contribution in [3.05, 3.63) is 71.8 Å². The number of aromatic nitrogens is 3. The third-order valence-electron chi connectivity index (χ3n) is 6.74. The fourth-order valence-electron chi connectivity index (χ4n) is 4.98. The summed E-state index contributed by atoms with van der Waals surface area (Å²) in [6.07, 6.45) is 3.30. The molecule has 0 aliphatic carbocycles. The summed E-state index contributed by atoms with van der Waals surface area (Å²) in [4.78, 5) is 11.1. The lowest BCUT2D eigenvalue weighted by Crippen LogP contribution is -2.37. The van der Waals surface area contributed by atoms with Crippen LogP contribution in [-0.2, 0) is 13.0 Å². The highest BCUT2D eigenvalue weighted by Crippen LogP contribution is 2.40. The van der Waals surface area contributed by atoms with Gasteiger partial charge >= 0.3 is 0 Å². The zero-order valence-electron chi connectivity index (χ0n) is 19.9. The standard InChI is InChI=1S/C27H27F2IN4OS/c1-2-24-25(19-9-10-23(26(28)29)31-13-19)22-12-20(14-32-27(22)34(24)36-30)18-7-5-17(6-8-18)15-33-11-3-4-21(35)16-33/h5-10,12-14,21,26,35H,2-4,11,15-16H2,1H3. The van der Waals surface area contributed by atoms with Crippen molar-refractivity contribution in [2.24, 2.45) is 0 Å². The molecule has 5 rings (SSSR count). The largest absolute Gasteiger partial charge is 0.392 e. The molecule has 5 nitrogen and oxygen atoms in total. The highest BCUT2D eigenvalue weighted by Gasteiger charge is 2.21. The molecule has 1 N–H and O–H groups in total. The zero-order valence-corrected chi connectivity index (χ0v) is 22.8. The fraction of sp³-hybridized carbons (Fsp3) is 0.333. The van der Waals surface area contributed by atoms with Crippen LogP contribution < -0.4 is 0 Å². The number of rotatable bonds is 7. The number of hydrogen-bond acceptors (Lipinski definition) is 5. The Morgan fingerprint density at radius 1 is 1.08 bits per heavy atom. The van der Waals surface area contributed by atoms with Gasteiger partial charge in [0.15, 0.2) is 5.65 Å². The Labute approximate surface area is 225 Å². The average Bonchev–Trinajstić information content (AvgIpc) is 3.22. The van der Waals surface area contributed by atoms with E-state index in [1.54, 1.807) is 15.2 Å². The lowest BCUT2D eigenvalue weighted by atomic mass is 9.99. The molecule has 4 heterocycles. The molecule has 1 unspecified atom stereocenters. The molecule has 9 heteroatoms. The summed E-state index contributed by atoms with van der Waals surface area (Å²) < 4.78 is 28.3. The normalized spacial score (nSPS) is 16.8. The third-order valence-corrected chi connectivity index (χ3v) is 8.45. The van der Waals surface area contributed by atoms with Gasteiger partial charge in [0.05, 0.1) is 6.10 Å². The Morgan fingerprint density at radius 3 is 2.47 bits per heavy atom. The van der Waals surface area contributed by atoms with E-state index in [0.29, 0.717) is 0 Å². The van der Waals surface area contributed by atoms with E-state index in [9.17, 15) is 13.9 Å². The summed E-state index contributed by atoms with van der Waals surface area (Å²) in [5.41, 5.74) is 6.79. The number of β-amino-alcohol motifs (C(OH)–C–C–N with tert-alkyl or cyclic N) is 1. The molecule has 1 atom stereocenters. The van der Waals surface area contributed by atoms with Gasteiger partial charge in [-0.1, -0.05) is 37.3 Å². The zero-order chi connectivity index (χ0) is 25.2. The number of alkyl halides is 2. The maximum Gasteiger partial charge on any atom is 0.280 e. The van der Waals surface area contributed by atoms with E-state index in [4.69, 9.17) is 4.98 Å². The van der Waals surface area contributed by atoms with Gasteiger partial charge in [0.1, 0.15) is 5.69 Å². The van der Waals surface area contributed by atoms with Crippen molar-refractivity contribution in [3.63, 3.8) is 0 Å². The first-order valence-electron chi connectivity index (χ1n) is 12.0. The Bertz CT molecular complexity index is 1340. The Hall–Kier alpha value is -2.08. The van der Waals surface area contributed by atoms with Crippen LogP contribution in [0.5, 0.6) is 0 Å². The topological polar surface area (TPSA) is 54.2 Å². The number of benzene rings is 1. The molecular weight excluding hydrogens is 593 g/mol. The van der Waals surface area contributed by atoms with Crippen LogP contribution in [0.1, 0.15) is 43.1 Å². The van der Waals surface area contributed by atoms with Crippen molar-refractivity contribution in [3.8, 4) is 22.3 Å². The number of nitrogens with zero attached hydrogens (tertiary/aromatic N) is 4. The number of fused-ring (bicyclic) bond motifs is 1. The average molecular weight is 621 g/mol. The molecule has 0 bridgehead atoms. The van der Waals surface area contributed by atoms with Gasteiger partial charge in [0, 0.05) is 83.6 Å². The van der Waals surface area contributed by atoms with E-state index in [1.807, 2.05) is 6.20 Å². The van der Waals surface area contributed by atoms with E-state index in [2.05, 4.69) is 72.3 Å². The summed E-state index contributed by atoms with van der Waals surface area (Å²) in [6, 6.07) is 13.8. The van der Waals surface area contributed by atoms with Gasteiger partial charge in [0.2, 0.25) is 0 Å². The monoisotopic (exact) mass is 620 g/mol. The van der Waals surface area contributed by atoms with Gasteiger partial charge in [-0.05, 0) is 49.1 Å². The van der Waals surface area contributed by atoms with Crippen LogP contribution in [-0.4, -0.2) is 43.1 Å². The second-order valence-corrected chi connectivity index (χ2v) is 10.8. The summed E-state index contributed by atoms with van der Waals surface area (Å²) in [6.45, 7) is 4.66. The number of aliphatic hydroxyl groups is 1. The molecule has 1 aliphatic heterocycles. The first-order valence-corrected chi connectivity index (χ1v) is 15.4. The predicted octanol–water partition coefficient (Wildman–Crippen LogP) is 7.07. The van der Waals surface area contributed by atoms with Gasteiger partial charge in [-0.25, -0.2) is 13.8 Å². The SMILES string of the molecule is CCc1c(-c2ccc(C(F)F)nc2)c2cc(-c3ccc(CN4CCCC(O)C4)cc3)cnc2n1SI. The van der Waals surface area contributed by atoms with Gasteiger partial charge in [-0.3, -0.25) is 13.9 Å². The first-order chi connectivity index (χ1) is 17.5. The molecule has 1 aliphatic rings. The van der Waals surface area contributed by atoms with Crippen molar-refractivity contribution in [1.82, 2.24) is 18.8 Å². The molecule has 0 saturated carbocycles. The maximum absolute atomic E-state index is 13.1. The molecule has 0 radical (unpaired) electrons. The molecule has 0 amide bonds. The number of hydrogen-bond donors (Lipinski definition) is 1. The fourth-order valence-corrected chi connectivity index (χ4v) is 6.77. The third kappa shape index (κ3) is 5.16. The van der Waals surface area contributed by atoms with E-state index in [1.165, 1.54) is 17.8 Å². The van der Waals surface area contributed by atoms with E-state index in [-0.39, 0.29) is 11.8 Å². The molecule has 3 aromatic heterocycles. The minimum absolute atomic E-state index is 0.221. The summed E-state index contributed by atoms with van der Waals surface area (Å²) in [5.74, 6) is 0. The van der Waals surface area contributed by atoms with Crippen molar-refractivity contribution < 1.29 is 13.9 Å². The van der Waals surface area contributed by atoms with Crippen LogP contribution in [0.2, 0.25) is 0 Å². The Balaban J connectivity index is 1.51. The molecule has 1 aromatic carbocycles. The summed E-state index contributed by atoms with van der Waals surface area (Å²) in [5, 5.41) is 10.9. The van der Waals surface area contributed by atoms with Crippen LogP contribution in [0.15, 0.2) is 54.9 Å². The lowest BCUT2D eigenvalue weighted by molar-refractivity contribution is 0.0668. The van der Waals surface area contributed by atoms with Crippen molar-refractivity contribution in [1.29, 1.82) is 0 Å². The van der Waals surface area contributed by atoms with Crippen LogP contribution >= 0.6 is 30.3 Å². The molecule has 4 aromatic rings. The van der Waals surface area contributed by atoms with Crippen molar-refractivity contribution in [2.45, 2.75) is 45.3 Å². The van der Waals surface area contributed by atoms with Gasteiger partial charge < -0.3 is 5.11 Å². The molecule has 36 heavy (non-hydrogen) atoms. The van der Waals surface area contributed by atoms with E-state index >= 15 is 0 Å². The Kier molecular flexibility index (Phi) is 7.90. The second kappa shape index (κ2) is 11.1. The lowest BCUT2D eigenvalue weighted by Gasteiger charge is -2.29. The van der Waals surface area contributed by atoms with Gasteiger partial charge in [-0.15, -0.1) is 0 Å². The second-order valence-electron chi connectivity index (χ2n) is 9.13. The van der Waals surface area contributed by atoms with Crippen LogP contribution in [0.25, 0.3) is 33.3 Å². The van der Waals surface area contributed by atoms with Crippen LogP contribution in [0, 0.1) is 0 Å². The predicted molar refractivity (Wildman–Crippen MR) is 150 cm³/mol. The Morgan fingerprint density at radius 2 is 1.83 bits per heavy atom. The van der Waals surface area contributed by atoms with Crippen LogP contribution in [0.3, 0.4) is 0 Å². The van der Waals surface area contributed by atoms with Gasteiger partial charge in [-0.2, -0.15) is 0 Å². The number of piperidine rings is 1. The van der Waals surface area contributed by atoms with E-state index in [0.717, 1.165) is 77.9 Å². The minimum atomic E-state index is -2.59. The van der Waals surface area contributed by atoms with Gasteiger partial charge in [0.25, 0.3) is 6.43 Å². The van der Waals surface area contributed by atoms with Crippen molar-refractivity contribution >= 4 is 41.4 Å². The maximum atomic E-state index is 13.1. The molecule has 0 spiro atoms. The highest BCUT2D eigenvalue weighted by molar-refractivity contribution is 14.2. The van der Waals surface area contributed by atoms with Crippen LogP contribution in [0.4, 0.5) is 8.78 Å². The minimum Gasteiger partial charge on any atom is -0.392 e. The molecule has 1 fully saturated rings. The van der Waals surface area contributed by atoms with Crippen molar-refractivity contribution in [2.75, 3.05) is 13.1 Å². The number of pyridine rings is 2. The number of likely N-dealkylation sites (tertiary alicyclic amines) is 1. The quantitative estimate of drug-likeness (QED) is 0.224. The molecule has 1 saturated heterocycles. The molecular formula is C27H27F2IN4OS. The van der Waals surface area contributed by atoms with E-state index < -0.39 is 6.43 Å². The first kappa shape index (κ1) is 25.6. The smallest absolute Gasteiger partial charge is 0.280 e.